The Bertz CT molecular complexity index is 958. The molecule has 5 heteroatoms. The van der Waals surface area contributed by atoms with Gasteiger partial charge in [0.05, 0.1) is 24.1 Å². The van der Waals surface area contributed by atoms with E-state index in [0.29, 0.717) is 5.56 Å². The van der Waals surface area contributed by atoms with Crippen molar-refractivity contribution in [1.29, 1.82) is 0 Å². The highest BCUT2D eigenvalue weighted by Crippen LogP contribution is 2.40. The second kappa shape index (κ2) is 5.77. The van der Waals surface area contributed by atoms with Crippen LogP contribution in [0, 0.1) is 13.8 Å². The number of carbonyl (C=O) groups excluding carboxylic acids is 1. The quantitative estimate of drug-likeness (QED) is 0.722. The van der Waals surface area contributed by atoms with Gasteiger partial charge in [-0.1, -0.05) is 30.3 Å². The molecule has 126 valence electrons. The third-order valence-electron chi connectivity index (χ3n) is 4.58. The number of benzene rings is 2. The molecule has 0 spiro atoms. The van der Waals surface area contributed by atoms with Gasteiger partial charge in [0.15, 0.2) is 0 Å². The molecule has 0 amide bonds. The van der Waals surface area contributed by atoms with Crippen molar-refractivity contribution in [3.05, 3.63) is 70.9 Å². The van der Waals surface area contributed by atoms with Crippen LogP contribution < -0.4 is 5.32 Å². The maximum Gasteiger partial charge on any atom is 0.337 e. The largest absolute Gasteiger partial charge is 0.465 e. The summed E-state index contributed by atoms with van der Waals surface area (Å²) >= 11 is 0. The summed E-state index contributed by atoms with van der Waals surface area (Å²) in [7, 11) is 1.39. The highest BCUT2D eigenvalue weighted by Gasteiger charge is 2.27. The van der Waals surface area contributed by atoms with E-state index in [1.807, 2.05) is 23.7 Å². The van der Waals surface area contributed by atoms with Crippen LogP contribution in [0.25, 0.3) is 11.3 Å². The van der Waals surface area contributed by atoms with E-state index in [4.69, 9.17) is 4.74 Å². The lowest BCUT2D eigenvalue weighted by atomic mass is 10.00. The number of methoxy groups -OCH3 is 1. The minimum Gasteiger partial charge on any atom is -0.465 e. The third-order valence-corrected chi connectivity index (χ3v) is 4.58. The molecule has 1 aliphatic rings. The molecule has 0 aliphatic carbocycles. The highest BCUT2D eigenvalue weighted by molar-refractivity contribution is 5.89. The number of para-hydroxylation sites is 1. The molecule has 1 atom stereocenters. The molecule has 2 heterocycles. The van der Waals surface area contributed by atoms with Gasteiger partial charge in [-0.3, -0.25) is 0 Å². The van der Waals surface area contributed by atoms with Crippen molar-refractivity contribution in [3.63, 3.8) is 0 Å². The molecule has 0 radical (unpaired) electrons. The number of esters is 1. The molecule has 0 unspecified atom stereocenters. The summed E-state index contributed by atoms with van der Waals surface area (Å²) in [4.78, 5) is 11.7. The zero-order chi connectivity index (χ0) is 17.6. The van der Waals surface area contributed by atoms with Gasteiger partial charge < -0.3 is 10.1 Å². The molecule has 1 aliphatic heterocycles. The Morgan fingerprint density at radius 3 is 2.64 bits per heavy atom. The number of carbonyl (C=O) groups is 1. The average molecular weight is 333 g/mol. The van der Waals surface area contributed by atoms with Crippen molar-refractivity contribution in [1.82, 2.24) is 9.78 Å². The van der Waals surface area contributed by atoms with Crippen molar-refractivity contribution < 1.29 is 9.53 Å². The Kier molecular flexibility index (Phi) is 3.57. The zero-order valence-corrected chi connectivity index (χ0v) is 14.4. The average Bonchev–Trinajstić information content (AvgIpc) is 3.02. The summed E-state index contributed by atoms with van der Waals surface area (Å²) in [5.41, 5.74) is 7.11. The minimum atomic E-state index is -0.333. The number of nitrogens with one attached hydrogen (secondary N) is 1. The summed E-state index contributed by atoms with van der Waals surface area (Å²) < 4.78 is 6.78. The van der Waals surface area contributed by atoms with E-state index in [-0.39, 0.29) is 12.1 Å². The molecule has 5 nitrogen and oxygen atoms in total. The van der Waals surface area contributed by atoms with E-state index in [1.54, 1.807) is 12.1 Å². The number of hydrogen-bond acceptors (Lipinski definition) is 4. The van der Waals surface area contributed by atoms with Crippen molar-refractivity contribution in [2.75, 3.05) is 12.4 Å². The van der Waals surface area contributed by atoms with Gasteiger partial charge in [0.1, 0.15) is 6.17 Å². The van der Waals surface area contributed by atoms with Crippen LogP contribution in [0.2, 0.25) is 0 Å². The number of fused-ring (bicyclic) bond motifs is 3. The monoisotopic (exact) mass is 333 g/mol. The van der Waals surface area contributed by atoms with Crippen LogP contribution in [0.5, 0.6) is 0 Å². The Morgan fingerprint density at radius 1 is 1.16 bits per heavy atom. The first-order valence-corrected chi connectivity index (χ1v) is 8.19. The maximum atomic E-state index is 11.7. The van der Waals surface area contributed by atoms with E-state index in [9.17, 15) is 4.79 Å². The highest BCUT2D eigenvalue weighted by atomic mass is 16.5. The SMILES string of the molecule is COC(=O)c1ccc([C@H]2Nc3c(C)cccc3-c3cc(C)nn32)cc1. The van der Waals surface area contributed by atoms with E-state index in [0.717, 1.165) is 28.2 Å². The molecular formula is C20H19N3O2. The molecule has 0 fully saturated rings. The number of nitrogens with zero attached hydrogens (tertiary/aromatic N) is 2. The first-order chi connectivity index (χ1) is 12.1. The molecular weight excluding hydrogens is 314 g/mol. The first kappa shape index (κ1) is 15.4. The molecule has 2 aromatic carbocycles. The minimum absolute atomic E-state index is 0.121. The number of anilines is 1. The van der Waals surface area contributed by atoms with Crippen LogP contribution >= 0.6 is 0 Å². The fraction of sp³-hybridized carbons (Fsp3) is 0.200. The number of hydrogen-bond donors (Lipinski definition) is 1. The fourth-order valence-electron chi connectivity index (χ4n) is 3.33. The van der Waals surface area contributed by atoms with Crippen LogP contribution in [0.3, 0.4) is 0 Å². The predicted octanol–water partition coefficient (Wildman–Crippen LogP) is 3.93. The lowest BCUT2D eigenvalue weighted by Gasteiger charge is -2.30. The van der Waals surface area contributed by atoms with Crippen molar-refractivity contribution in [2.45, 2.75) is 20.0 Å². The molecule has 3 aromatic rings. The fourth-order valence-corrected chi connectivity index (χ4v) is 3.33. The molecule has 4 rings (SSSR count). The van der Waals surface area contributed by atoms with Gasteiger partial charge >= 0.3 is 5.97 Å². The van der Waals surface area contributed by atoms with Crippen LogP contribution in [-0.2, 0) is 4.74 Å². The number of aryl methyl sites for hydroxylation is 2. The lowest BCUT2D eigenvalue weighted by molar-refractivity contribution is 0.0600. The van der Waals surface area contributed by atoms with Gasteiger partial charge in [-0.05, 0) is 43.2 Å². The second-order valence-electron chi connectivity index (χ2n) is 6.27. The standard InChI is InChI=1S/C20H19N3O2/c1-12-5-4-6-16-17-11-13(2)22-23(17)19(21-18(12)16)14-7-9-15(10-8-14)20(24)25-3/h4-11,19,21H,1-3H3/t19-/m0/s1. The Labute approximate surface area is 146 Å². The number of aromatic nitrogens is 2. The van der Waals surface area contributed by atoms with Crippen molar-refractivity contribution >= 4 is 11.7 Å². The van der Waals surface area contributed by atoms with Crippen molar-refractivity contribution in [2.24, 2.45) is 0 Å². The second-order valence-corrected chi connectivity index (χ2v) is 6.27. The summed E-state index contributed by atoms with van der Waals surface area (Å²) in [5.74, 6) is -0.333. The topological polar surface area (TPSA) is 56.1 Å². The smallest absolute Gasteiger partial charge is 0.337 e. The van der Waals surface area contributed by atoms with Gasteiger partial charge in [0.25, 0.3) is 0 Å². The van der Waals surface area contributed by atoms with E-state index in [1.165, 1.54) is 12.7 Å². The third kappa shape index (κ3) is 2.48. The predicted molar refractivity (Wildman–Crippen MR) is 96.7 cm³/mol. The summed E-state index contributed by atoms with van der Waals surface area (Å²) in [5, 5.41) is 8.27. The van der Waals surface area contributed by atoms with Crippen LogP contribution in [0.15, 0.2) is 48.5 Å². The zero-order valence-electron chi connectivity index (χ0n) is 14.4. The van der Waals surface area contributed by atoms with E-state index in [2.05, 4.69) is 41.6 Å². The lowest BCUT2D eigenvalue weighted by Crippen LogP contribution is -2.26. The van der Waals surface area contributed by atoms with Gasteiger partial charge in [0, 0.05) is 11.3 Å². The molecule has 1 aromatic heterocycles. The summed E-state index contributed by atoms with van der Waals surface area (Å²) in [6, 6.07) is 15.8. The first-order valence-electron chi connectivity index (χ1n) is 8.19. The molecule has 25 heavy (non-hydrogen) atoms. The molecule has 1 N–H and O–H groups in total. The van der Waals surface area contributed by atoms with Gasteiger partial charge in [-0.25, -0.2) is 9.48 Å². The Morgan fingerprint density at radius 2 is 1.92 bits per heavy atom. The number of ether oxygens (including phenoxy) is 1. The molecule has 0 saturated carbocycles. The molecule has 0 bridgehead atoms. The summed E-state index contributed by atoms with van der Waals surface area (Å²) in [6.07, 6.45) is -0.121. The Hall–Kier alpha value is -3.08. The molecule has 0 saturated heterocycles. The van der Waals surface area contributed by atoms with E-state index >= 15 is 0 Å². The van der Waals surface area contributed by atoms with Gasteiger partial charge in [0.2, 0.25) is 0 Å². The van der Waals surface area contributed by atoms with E-state index < -0.39 is 0 Å². The summed E-state index contributed by atoms with van der Waals surface area (Å²) in [6.45, 7) is 4.10. The van der Waals surface area contributed by atoms with Crippen LogP contribution in [0.4, 0.5) is 5.69 Å². The van der Waals surface area contributed by atoms with Crippen LogP contribution in [-0.4, -0.2) is 22.9 Å². The van der Waals surface area contributed by atoms with Gasteiger partial charge in [-0.2, -0.15) is 5.10 Å². The number of rotatable bonds is 2. The van der Waals surface area contributed by atoms with Crippen LogP contribution in [0.1, 0.15) is 33.3 Å². The maximum absolute atomic E-state index is 11.7. The Balaban J connectivity index is 1.81. The normalized spacial score (nSPS) is 15.1. The van der Waals surface area contributed by atoms with Gasteiger partial charge in [-0.15, -0.1) is 0 Å². The van der Waals surface area contributed by atoms with Crippen molar-refractivity contribution in [3.8, 4) is 11.3 Å².